The van der Waals surface area contributed by atoms with Crippen LogP contribution < -0.4 is 9.64 Å². The van der Waals surface area contributed by atoms with Gasteiger partial charge in [0.05, 0.1) is 5.92 Å². The van der Waals surface area contributed by atoms with Crippen molar-refractivity contribution < 1.29 is 14.3 Å². The van der Waals surface area contributed by atoms with E-state index in [4.69, 9.17) is 4.74 Å². The second kappa shape index (κ2) is 6.71. The van der Waals surface area contributed by atoms with Crippen LogP contribution in [0.3, 0.4) is 0 Å². The molecular formula is C21H23NO3. The quantitative estimate of drug-likeness (QED) is 0.631. The van der Waals surface area contributed by atoms with Crippen molar-refractivity contribution in [1.82, 2.24) is 0 Å². The van der Waals surface area contributed by atoms with Crippen LogP contribution in [0.1, 0.15) is 28.7 Å². The summed E-state index contributed by atoms with van der Waals surface area (Å²) in [5, 5.41) is 0. The molecule has 1 fully saturated rings. The predicted molar refractivity (Wildman–Crippen MR) is 97.9 cm³/mol. The normalized spacial score (nSPS) is 17.0. The van der Waals surface area contributed by atoms with Crippen LogP contribution in [0.15, 0.2) is 36.4 Å². The number of rotatable bonds is 3. The molecule has 3 rings (SSSR count). The molecule has 1 heterocycles. The van der Waals surface area contributed by atoms with E-state index in [1.807, 2.05) is 64.1 Å². The Bertz CT molecular complexity index is 821. The molecule has 1 atom stereocenters. The highest BCUT2D eigenvalue weighted by Gasteiger charge is 2.37. The molecule has 1 aliphatic rings. The number of hydrogen-bond donors (Lipinski definition) is 0. The molecule has 25 heavy (non-hydrogen) atoms. The summed E-state index contributed by atoms with van der Waals surface area (Å²) in [6.45, 7) is 8.20. The van der Waals surface area contributed by atoms with Gasteiger partial charge >= 0.3 is 5.97 Å². The van der Waals surface area contributed by atoms with E-state index in [-0.39, 0.29) is 18.3 Å². The van der Waals surface area contributed by atoms with E-state index in [9.17, 15) is 9.59 Å². The van der Waals surface area contributed by atoms with Crippen molar-refractivity contribution in [2.45, 2.75) is 34.1 Å². The van der Waals surface area contributed by atoms with Crippen LogP contribution >= 0.6 is 0 Å². The number of hydrogen-bond acceptors (Lipinski definition) is 3. The summed E-state index contributed by atoms with van der Waals surface area (Å²) in [4.78, 5) is 26.8. The monoisotopic (exact) mass is 337 g/mol. The Hall–Kier alpha value is -2.62. The van der Waals surface area contributed by atoms with E-state index in [1.165, 1.54) is 0 Å². The SMILES string of the molecule is Cc1ccc(C)c(OC(=O)[C@H]2CC(=O)N(c3c(C)cccc3C)C2)c1. The van der Waals surface area contributed by atoms with Crippen molar-refractivity contribution in [3.63, 3.8) is 0 Å². The Morgan fingerprint density at radius 3 is 2.40 bits per heavy atom. The maximum atomic E-state index is 12.6. The average Bonchev–Trinajstić information content (AvgIpc) is 2.93. The highest BCUT2D eigenvalue weighted by atomic mass is 16.5. The second-order valence-electron chi connectivity index (χ2n) is 6.84. The fraction of sp³-hybridized carbons (Fsp3) is 0.333. The topological polar surface area (TPSA) is 46.6 Å². The first-order valence-corrected chi connectivity index (χ1v) is 8.52. The number of aryl methyl sites for hydroxylation is 4. The van der Waals surface area contributed by atoms with Gasteiger partial charge in [-0.15, -0.1) is 0 Å². The minimum absolute atomic E-state index is 0.0275. The lowest BCUT2D eigenvalue weighted by atomic mass is 10.1. The molecule has 1 amide bonds. The number of benzene rings is 2. The fourth-order valence-corrected chi connectivity index (χ4v) is 3.32. The summed E-state index contributed by atoms with van der Waals surface area (Å²) < 4.78 is 5.59. The Morgan fingerprint density at radius 1 is 1.04 bits per heavy atom. The number of carbonyl (C=O) groups is 2. The molecule has 0 spiro atoms. The molecule has 0 N–H and O–H groups in total. The zero-order valence-corrected chi connectivity index (χ0v) is 15.1. The van der Waals surface area contributed by atoms with E-state index >= 15 is 0 Å². The van der Waals surface area contributed by atoms with E-state index in [2.05, 4.69) is 0 Å². The van der Waals surface area contributed by atoms with Crippen LogP contribution in [0, 0.1) is 33.6 Å². The van der Waals surface area contributed by atoms with Gasteiger partial charge in [-0.3, -0.25) is 9.59 Å². The molecule has 1 saturated heterocycles. The average molecular weight is 337 g/mol. The van der Waals surface area contributed by atoms with Crippen molar-refractivity contribution >= 4 is 17.6 Å². The summed E-state index contributed by atoms with van der Waals surface area (Å²) in [6, 6.07) is 11.7. The molecule has 1 aliphatic heterocycles. The molecule has 4 heteroatoms. The number of anilines is 1. The first kappa shape index (κ1) is 17.2. The molecule has 0 saturated carbocycles. The van der Waals surface area contributed by atoms with Crippen LogP contribution in [-0.2, 0) is 9.59 Å². The molecule has 0 unspecified atom stereocenters. The van der Waals surface area contributed by atoms with Crippen LogP contribution in [0.2, 0.25) is 0 Å². The lowest BCUT2D eigenvalue weighted by Crippen LogP contribution is -2.28. The number of para-hydroxylation sites is 1. The molecule has 130 valence electrons. The van der Waals surface area contributed by atoms with Crippen molar-refractivity contribution in [2.75, 3.05) is 11.4 Å². The molecular weight excluding hydrogens is 314 g/mol. The molecule has 4 nitrogen and oxygen atoms in total. The number of carbonyl (C=O) groups excluding carboxylic acids is 2. The van der Waals surface area contributed by atoms with E-state index in [0.29, 0.717) is 12.3 Å². The second-order valence-corrected chi connectivity index (χ2v) is 6.84. The minimum atomic E-state index is -0.439. The standard InChI is InChI=1S/C21H23NO3/c1-13-8-9-14(2)18(10-13)25-21(24)17-11-19(23)22(12-17)20-15(3)6-5-7-16(20)4/h5-10,17H,11-12H2,1-4H3/t17-/m0/s1. The van der Waals surface area contributed by atoms with Crippen molar-refractivity contribution in [3.05, 3.63) is 58.7 Å². The summed E-state index contributed by atoms with van der Waals surface area (Å²) >= 11 is 0. The highest BCUT2D eigenvalue weighted by Crippen LogP contribution is 2.31. The van der Waals surface area contributed by atoms with E-state index < -0.39 is 5.92 Å². The summed E-state index contributed by atoms with van der Waals surface area (Å²) in [6.07, 6.45) is 0.192. The third-order valence-corrected chi connectivity index (χ3v) is 4.72. The van der Waals surface area contributed by atoms with E-state index in [1.54, 1.807) is 4.90 Å². The van der Waals surface area contributed by atoms with Gasteiger partial charge in [-0.25, -0.2) is 0 Å². The predicted octanol–water partition coefficient (Wildman–Crippen LogP) is 3.88. The Kier molecular flexibility index (Phi) is 4.62. The largest absolute Gasteiger partial charge is 0.426 e. The number of ether oxygens (including phenoxy) is 1. The zero-order chi connectivity index (χ0) is 18.1. The van der Waals surface area contributed by atoms with Crippen molar-refractivity contribution in [1.29, 1.82) is 0 Å². The Balaban J connectivity index is 1.78. The summed E-state index contributed by atoms with van der Waals surface area (Å²) in [5.41, 5.74) is 4.94. The molecule has 0 aromatic heterocycles. The Labute approximate surface area is 148 Å². The molecule has 0 aliphatic carbocycles. The third-order valence-electron chi connectivity index (χ3n) is 4.72. The smallest absolute Gasteiger partial charge is 0.316 e. The lowest BCUT2D eigenvalue weighted by molar-refractivity contribution is -0.139. The van der Waals surface area contributed by atoms with Gasteiger partial charge in [0.15, 0.2) is 0 Å². The molecule has 2 aromatic carbocycles. The zero-order valence-electron chi connectivity index (χ0n) is 15.1. The summed E-state index contributed by atoms with van der Waals surface area (Å²) in [5.74, 6) is -0.231. The van der Waals surface area contributed by atoms with Gasteiger partial charge < -0.3 is 9.64 Å². The molecule has 0 radical (unpaired) electrons. The third kappa shape index (κ3) is 3.43. The van der Waals surface area contributed by atoms with Crippen LogP contribution in [0.4, 0.5) is 5.69 Å². The van der Waals surface area contributed by atoms with Gasteiger partial charge in [0, 0.05) is 18.7 Å². The number of nitrogens with zero attached hydrogens (tertiary/aromatic N) is 1. The van der Waals surface area contributed by atoms with Crippen LogP contribution in [0.25, 0.3) is 0 Å². The van der Waals surface area contributed by atoms with Crippen LogP contribution in [0.5, 0.6) is 5.75 Å². The van der Waals surface area contributed by atoms with Gasteiger partial charge in [0.25, 0.3) is 0 Å². The molecule has 0 bridgehead atoms. The van der Waals surface area contributed by atoms with Gasteiger partial charge in [0.1, 0.15) is 5.75 Å². The maximum absolute atomic E-state index is 12.6. The number of esters is 1. The van der Waals surface area contributed by atoms with Gasteiger partial charge in [-0.05, 0) is 56.0 Å². The van der Waals surface area contributed by atoms with Crippen molar-refractivity contribution in [3.8, 4) is 5.75 Å². The first-order chi connectivity index (χ1) is 11.9. The molecule has 2 aromatic rings. The maximum Gasteiger partial charge on any atom is 0.316 e. The van der Waals surface area contributed by atoms with Gasteiger partial charge in [-0.1, -0.05) is 30.3 Å². The fourth-order valence-electron chi connectivity index (χ4n) is 3.32. The van der Waals surface area contributed by atoms with Gasteiger partial charge in [0.2, 0.25) is 5.91 Å². The summed E-state index contributed by atoms with van der Waals surface area (Å²) in [7, 11) is 0. The number of amides is 1. The lowest BCUT2D eigenvalue weighted by Gasteiger charge is -2.21. The van der Waals surface area contributed by atoms with Crippen LogP contribution in [-0.4, -0.2) is 18.4 Å². The van der Waals surface area contributed by atoms with Gasteiger partial charge in [-0.2, -0.15) is 0 Å². The van der Waals surface area contributed by atoms with E-state index in [0.717, 1.165) is 27.9 Å². The van der Waals surface area contributed by atoms with Crippen molar-refractivity contribution in [2.24, 2.45) is 5.92 Å². The minimum Gasteiger partial charge on any atom is -0.426 e. The Morgan fingerprint density at radius 2 is 1.72 bits per heavy atom. The highest BCUT2D eigenvalue weighted by molar-refractivity contribution is 6.00. The first-order valence-electron chi connectivity index (χ1n) is 8.52.